The van der Waals surface area contributed by atoms with Gasteiger partial charge < -0.3 is 19.4 Å². The van der Waals surface area contributed by atoms with E-state index in [1.165, 1.54) is 6.07 Å². The number of amides is 1. The van der Waals surface area contributed by atoms with Gasteiger partial charge in [-0.15, -0.1) is 0 Å². The summed E-state index contributed by atoms with van der Waals surface area (Å²) in [6, 6.07) is 4.83. The molecule has 146 valence electrons. The van der Waals surface area contributed by atoms with Gasteiger partial charge in [0.2, 0.25) is 5.79 Å². The van der Waals surface area contributed by atoms with Crippen LogP contribution in [0.4, 0.5) is 4.39 Å². The van der Waals surface area contributed by atoms with Gasteiger partial charge in [0.25, 0.3) is 5.91 Å². The topological polar surface area (TPSA) is 65.4 Å². The van der Waals surface area contributed by atoms with Gasteiger partial charge in [-0.1, -0.05) is 11.6 Å². The van der Waals surface area contributed by atoms with Gasteiger partial charge in [0.1, 0.15) is 5.82 Å². The molecule has 0 aliphatic carbocycles. The first-order chi connectivity index (χ1) is 13.3. The second-order valence-electron chi connectivity index (χ2n) is 7.08. The summed E-state index contributed by atoms with van der Waals surface area (Å²) in [4.78, 5) is 16.5. The fraction of sp³-hybridized carbons (Fsp3) is 0.300. The number of rotatable bonds is 3. The van der Waals surface area contributed by atoms with E-state index in [0.717, 1.165) is 22.0 Å². The SMILES string of the molecule is CNC(=O)c1ncc(Cn2ccc3cc(F)c(Cl)cc32)c2c1OC(C)(C)OC2. The van der Waals surface area contributed by atoms with Gasteiger partial charge in [-0.25, -0.2) is 9.37 Å². The maximum atomic E-state index is 13.7. The molecule has 1 aliphatic rings. The molecule has 6 nitrogen and oxygen atoms in total. The molecule has 0 spiro atoms. The van der Waals surface area contributed by atoms with Crippen molar-refractivity contribution in [3.63, 3.8) is 0 Å². The fourth-order valence-electron chi connectivity index (χ4n) is 3.28. The number of carbonyl (C=O) groups excluding carboxylic acids is 1. The van der Waals surface area contributed by atoms with Crippen LogP contribution in [0.25, 0.3) is 10.9 Å². The molecule has 0 saturated carbocycles. The zero-order valence-corrected chi connectivity index (χ0v) is 16.4. The van der Waals surface area contributed by atoms with E-state index in [1.807, 2.05) is 16.8 Å². The summed E-state index contributed by atoms with van der Waals surface area (Å²) in [5.41, 5.74) is 2.63. The maximum absolute atomic E-state index is 13.7. The number of pyridine rings is 1. The van der Waals surface area contributed by atoms with Crippen molar-refractivity contribution in [2.75, 3.05) is 7.05 Å². The maximum Gasteiger partial charge on any atom is 0.273 e. The number of benzene rings is 1. The number of aromatic nitrogens is 2. The molecule has 0 atom stereocenters. The zero-order chi connectivity index (χ0) is 20.1. The minimum atomic E-state index is -0.860. The lowest BCUT2D eigenvalue weighted by molar-refractivity contribution is -0.180. The Morgan fingerprint density at radius 3 is 2.96 bits per heavy atom. The van der Waals surface area contributed by atoms with Crippen LogP contribution < -0.4 is 10.1 Å². The molecule has 1 aromatic carbocycles. The summed E-state index contributed by atoms with van der Waals surface area (Å²) in [5.74, 6) is -1.21. The number of ether oxygens (including phenoxy) is 2. The highest BCUT2D eigenvalue weighted by Crippen LogP contribution is 2.36. The first-order valence-corrected chi connectivity index (χ1v) is 9.16. The largest absolute Gasteiger partial charge is 0.460 e. The monoisotopic (exact) mass is 403 g/mol. The van der Waals surface area contributed by atoms with E-state index in [9.17, 15) is 9.18 Å². The highest BCUT2D eigenvalue weighted by molar-refractivity contribution is 6.31. The van der Waals surface area contributed by atoms with E-state index < -0.39 is 11.6 Å². The molecule has 8 heteroatoms. The predicted molar refractivity (Wildman–Crippen MR) is 103 cm³/mol. The van der Waals surface area contributed by atoms with Crippen LogP contribution in [-0.4, -0.2) is 28.3 Å². The van der Waals surface area contributed by atoms with Crippen molar-refractivity contribution in [1.82, 2.24) is 14.9 Å². The number of nitrogens with zero attached hydrogens (tertiary/aromatic N) is 2. The van der Waals surface area contributed by atoms with Gasteiger partial charge in [0.15, 0.2) is 11.4 Å². The molecule has 1 N–H and O–H groups in total. The number of hydrogen-bond donors (Lipinski definition) is 1. The van der Waals surface area contributed by atoms with Crippen LogP contribution in [0, 0.1) is 5.82 Å². The van der Waals surface area contributed by atoms with Crippen molar-refractivity contribution in [3.8, 4) is 5.75 Å². The van der Waals surface area contributed by atoms with Crippen LogP contribution in [-0.2, 0) is 17.9 Å². The number of nitrogens with one attached hydrogen (secondary N) is 1. The van der Waals surface area contributed by atoms with E-state index in [4.69, 9.17) is 21.1 Å². The van der Waals surface area contributed by atoms with E-state index in [0.29, 0.717) is 18.9 Å². The Morgan fingerprint density at radius 2 is 2.21 bits per heavy atom. The number of halogens is 2. The van der Waals surface area contributed by atoms with Crippen LogP contribution in [0.3, 0.4) is 0 Å². The first-order valence-electron chi connectivity index (χ1n) is 8.79. The highest BCUT2D eigenvalue weighted by atomic mass is 35.5. The number of carbonyl (C=O) groups is 1. The third-order valence-corrected chi connectivity index (χ3v) is 5.02. The lowest BCUT2D eigenvalue weighted by Gasteiger charge is -2.34. The zero-order valence-electron chi connectivity index (χ0n) is 15.7. The lowest BCUT2D eigenvalue weighted by Crippen LogP contribution is -2.37. The Balaban J connectivity index is 1.79. The molecule has 3 aromatic rings. The molecule has 1 aliphatic heterocycles. The van der Waals surface area contributed by atoms with Crippen molar-refractivity contribution in [3.05, 3.63) is 58.3 Å². The standard InChI is InChI=1S/C20H19ClFN3O3/c1-20(2)27-10-13-12(8-24-17(18(13)28-20)19(26)23-3)9-25-5-4-11-6-15(22)14(21)7-16(11)25/h4-8H,9-10H2,1-3H3,(H,23,26). The smallest absolute Gasteiger partial charge is 0.273 e. The minimum absolute atomic E-state index is 0.0657. The average molecular weight is 404 g/mol. The van der Waals surface area contributed by atoms with Crippen molar-refractivity contribution >= 4 is 28.4 Å². The summed E-state index contributed by atoms with van der Waals surface area (Å²) in [5, 5.41) is 3.40. The van der Waals surface area contributed by atoms with Crippen LogP contribution >= 0.6 is 11.6 Å². The van der Waals surface area contributed by atoms with Gasteiger partial charge in [0.05, 0.1) is 11.6 Å². The van der Waals surface area contributed by atoms with Crippen LogP contribution in [0.15, 0.2) is 30.6 Å². The van der Waals surface area contributed by atoms with E-state index in [1.54, 1.807) is 33.2 Å². The van der Waals surface area contributed by atoms with Crippen LogP contribution in [0.2, 0.25) is 5.02 Å². The summed E-state index contributed by atoms with van der Waals surface area (Å²) < 4.78 is 27.4. The Hall–Kier alpha value is -2.64. The normalized spacial score (nSPS) is 15.2. The van der Waals surface area contributed by atoms with Gasteiger partial charge >= 0.3 is 0 Å². The summed E-state index contributed by atoms with van der Waals surface area (Å²) in [7, 11) is 1.55. The first kappa shape index (κ1) is 18.7. The van der Waals surface area contributed by atoms with E-state index in [2.05, 4.69) is 10.3 Å². The molecule has 4 rings (SSSR count). The summed E-state index contributed by atoms with van der Waals surface area (Å²) >= 11 is 5.95. The van der Waals surface area contributed by atoms with Crippen molar-refractivity contribution in [2.45, 2.75) is 32.8 Å². The molecule has 0 bridgehead atoms. The molecule has 3 heterocycles. The van der Waals surface area contributed by atoms with Crippen molar-refractivity contribution in [1.29, 1.82) is 0 Å². The molecule has 2 aromatic heterocycles. The molecule has 1 amide bonds. The second kappa shape index (κ2) is 6.76. The minimum Gasteiger partial charge on any atom is -0.460 e. The number of hydrogen-bond acceptors (Lipinski definition) is 4. The van der Waals surface area contributed by atoms with Crippen LogP contribution in [0.1, 0.15) is 35.5 Å². The molecule has 0 fully saturated rings. The fourth-order valence-corrected chi connectivity index (χ4v) is 3.44. The lowest BCUT2D eigenvalue weighted by atomic mass is 10.1. The van der Waals surface area contributed by atoms with Crippen LogP contribution in [0.5, 0.6) is 5.75 Å². The molecule has 0 radical (unpaired) electrons. The third-order valence-electron chi connectivity index (χ3n) is 4.73. The van der Waals surface area contributed by atoms with Crippen molar-refractivity contribution < 1.29 is 18.7 Å². The quantitative estimate of drug-likeness (QED) is 0.720. The Kier molecular flexibility index (Phi) is 4.51. The van der Waals surface area contributed by atoms with Gasteiger partial charge in [0, 0.05) is 56.3 Å². The molecular formula is C20H19ClFN3O3. The summed E-state index contributed by atoms with van der Waals surface area (Å²) in [6.45, 7) is 4.30. The molecule has 28 heavy (non-hydrogen) atoms. The second-order valence-corrected chi connectivity index (χ2v) is 7.49. The van der Waals surface area contributed by atoms with Crippen molar-refractivity contribution in [2.24, 2.45) is 0 Å². The van der Waals surface area contributed by atoms with E-state index in [-0.39, 0.29) is 16.6 Å². The van der Waals surface area contributed by atoms with Gasteiger partial charge in [-0.05, 0) is 23.8 Å². The molecule has 0 unspecified atom stereocenters. The average Bonchev–Trinajstić information content (AvgIpc) is 3.02. The molecular weight excluding hydrogens is 385 g/mol. The van der Waals surface area contributed by atoms with Gasteiger partial charge in [-0.3, -0.25) is 4.79 Å². The Bertz CT molecular complexity index is 1090. The summed E-state index contributed by atoms with van der Waals surface area (Å²) in [6.07, 6.45) is 3.50. The number of fused-ring (bicyclic) bond motifs is 2. The van der Waals surface area contributed by atoms with E-state index >= 15 is 0 Å². The van der Waals surface area contributed by atoms with Gasteiger partial charge in [-0.2, -0.15) is 0 Å². The Morgan fingerprint density at radius 1 is 1.43 bits per heavy atom. The third kappa shape index (κ3) is 3.21. The molecule has 0 saturated heterocycles. The Labute approximate surface area is 166 Å². The highest BCUT2D eigenvalue weighted by Gasteiger charge is 2.33. The predicted octanol–water partition coefficient (Wildman–Crippen LogP) is 3.88.